The quantitative estimate of drug-likeness (QED) is 0.651. The van der Waals surface area contributed by atoms with Crippen molar-refractivity contribution in [1.82, 2.24) is 9.88 Å². The molecule has 4 rings (SSSR count). The fourth-order valence-electron chi connectivity index (χ4n) is 3.43. The topological polar surface area (TPSA) is 46.3 Å². The maximum atomic E-state index is 14.0. The highest BCUT2D eigenvalue weighted by Gasteiger charge is 2.28. The third kappa shape index (κ3) is 3.65. The number of halogens is 3. The first-order chi connectivity index (χ1) is 13.5. The summed E-state index contributed by atoms with van der Waals surface area (Å²) in [6.07, 6.45) is 2.88. The van der Waals surface area contributed by atoms with Crippen molar-refractivity contribution in [3.63, 3.8) is 0 Å². The van der Waals surface area contributed by atoms with Gasteiger partial charge in [0.15, 0.2) is 5.89 Å². The number of likely N-dealkylation sites (tertiary alicyclic amines) is 1. The standard InChI is InChI=1S/C21H17F3N2O2/c22-15-5-3-13(4-6-15)21(27)26-9-1-2-14(11-26)20-25-19(12-28-20)17-8-7-16(23)10-18(17)24/h3-8,10,12,14H,1-2,9,11H2. The number of carbonyl (C=O) groups is 1. The Bertz CT molecular complexity index is 1000. The SMILES string of the molecule is O=C(c1ccc(F)cc1)N1CCCC(c2nc(-c3ccc(F)cc3F)co2)C1. The lowest BCUT2D eigenvalue weighted by molar-refractivity contribution is 0.0698. The molecular weight excluding hydrogens is 369 g/mol. The molecule has 1 aromatic heterocycles. The molecule has 2 aromatic carbocycles. The molecule has 0 bridgehead atoms. The monoisotopic (exact) mass is 386 g/mol. The number of aromatic nitrogens is 1. The highest BCUT2D eigenvalue weighted by atomic mass is 19.1. The number of rotatable bonds is 3. The molecule has 0 aliphatic carbocycles. The fourth-order valence-corrected chi connectivity index (χ4v) is 3.43. The molecule has 0 radical (unpaired) electrons. The van der Waals surface area contributed by atoms with E-state index >= 15 is 0 Å². The van der Waals surface area contributed by atoms with Gasteiger partial charge >= 0.3 is 0 Å². The zero-order valence-corrected chi connectivity index (χ0v) is 14.9. The molecule has 1 aliphatic heterocycles. The Hall–Kier alpha value is -3.09. The van der Waals surface area contributed by atoms with E-state index in [0.717, 1.165) is 25.0 Å². The van der Waals surface area contributed by atoms with Gasteiger partial charge in [0.05, 0.1) is 5.92 Å². The van der Waals surface area contributed by atoms with Crippen molar-refractivity contribution in [2.45, 2.75) is 18.8 Å². The summed E-state index contributed by atoms with van der Waals surface area (Å²) in [5.74, 6) is -1.66. The third-order valence-electron chi connectivity index (χ3n) is 4.88. The van der Waals surface area contributed by atoms with E-state index in [2.05, 4.69) is 4.98 Å². The third-order valence-corrected chi connectivity index (χ3v) is 4.88. The van der Waals surface area contributed by atoms with E-state index in [0.29, 0.717) is 24.5 Å². The first kappa shape index (κ1) is 18.3. The fraction of sp³-hybridized carbons (Fsp3) is 0.238. The number of piperidine rings is 1. The van der Waals surface area contributed by atoms with Crippen LogP contribution in [0.5, 0.6) is 0 Å². The molecule has 1 fully saturated rings. The van der Waals surface area contributed by atoms with Crippen LogP contribution in [0.1, 0.15) is 35.0 Å². The molecule has 4 nitrogen and oxygen atoms in total. The lowest BCUT2D eigenvalue weighted by Gasteiger charge is -2.31. The van der Waals surface area contributed by atoms with Crippen LogP contribution in [-0.4, -0.2) is 28.9 Å². The average Bonchev–Trinajstić information content (AvgIpc) is 3.18. The van der Waals surface area contributed by atoms with E-state index in [-0.39, 0.29) is 23.1 Å². The van der Waals surface area contributed by atoms with Crippen molar-refractivity contribution in [3.8, 4) is 11.3 Å². The lowest BCUT2D eigenvalue weighted by atomic mass is 9.97. The van der Waals surface area contributed by atoms with Crippen LogP contribution >= 0.6 is 0 Å². The summed E-state index contributed by atoms with van der Waals surface area (Å²) in [7, 11) is 0. The van der Waals surface area contributed by atoms with Gasteiger partial charge in [-0.05, 0) is 49.2 Å². The van der Waals surface area contributed by atoms with Crippen molar-refractivity contribution in [2.24, 2.45) is 0 Å². The maximum Gasteiger partial charge on any atom is 0.253 e. The maximum absolute atomic E-state index is 14.0. The molecule has 1 unspecified atom stereocenters. The van der Waals surface area contributed by atoms with E-state index in [1.165, 1.54) is 36.6 Å². The molecule has 28 heavy (non-hydrogen) atoms. The molecule has 1 atom stereocenters. The van der Waals surface area contributed by atoms with Crippen molar-refractivity contribution < 1.29 is 22.4 Å². The second-order valence-corrected chi connectivity index (χ2v) is 6.79. The molecule has 0 N–H and O–H groups in total. The van der Waals surface area contributed by atoms with Gasteiger partial charge in [0.2, 0.25) is 0 Å². The molecule has 3 aromatic rings. The predicted octanol–water partition coefficient (Wildman–Crippen LogP) is 4.78. The van der Waals surface area contributed by atoms with Crippen LogP contribution in [0.2, 0.25) is 0 Å². The number of nitrogens with zero attached hydrogens (tertiary/aromatic N) is 2. The van der Waals surface area contributed by atoms with Gasteiger partial charge in [-0.3, -0.25) is 4.79 Å². The van der Waals surface area contributed by atoms with Crippen molar-refractivity contribution in [3.05, 3.63) is 77.6 Å². The van der Waals surface area contributed by atoms with Crippen LogP contribution in [0.3, 0.4) is 0 Å². The van der Waals surface area contributed by atoms with Gasteiger partial charge in [0, 0.05) is 30.3 Å². The zero-order valence-electron chi connectivity index (χ0n) is 14.9. The predicted molar refractivity (Wildman–Crippen MR) is 96.1 cm³/mol. The number of carbonyl (C=O) groups excluding carboxylic acids is 1. The summed E-state index contributed by atoms with van der Waals surface area (Å²) in [5, 5.41) is 0. The normalized spacial score (nSPS) is 17.0. The Morgan fingerprint density at radius 3 is 2.57 bits per heavy atom. The first-order valence-corrected chi connectivity index (χ1v) is 8.97. The summed E-state index contributed by atoms with van der Waals surface area (Å²) in [6, 6.07) is 8.71. The van der Waals surface area contributed by atoms with E-state index in [4.69, 9.17) is 4.42 Å². The smallest absolute Gasteiger partial charge is 0.253 e. The Labute approximate surface area is 159 Å². The van der Waals surface area contributed by atoms with Gasteiger partial charge in [-0.25, -0.2) is 18.2 Å². The zero-order chi connectivity index (χ0) is 19.7. The highest BCUT2D eigenvalue weighted by molar-refractivity contribution is 5.94. The van der Waals surface area contributed by atoms with E-state index in [9.17, 15) is 18.0 Å². The number of benzene rings is 2. The Kier molecular flexibility index (Phi) is 4.90. The number of hydrogen-bond acceptors (Lipinski definition) is 3. The number of hydrogen-bond donors (Lipinski definition) is 0. The summed E-state index contributed by atoms with van der Waals surface area (Å²) in [5.41, 5.74) is 0.865. The average molecular weight is 386 g/mol. The van der Waals surface area contributed by atoms with Crippen LogP contribution in [0, 0.1) is 17.5 Å². The summed E-state index contributed by atoms with van der Waals surface area (Å²) in [6.45, 7) is 0.995. The van der Waals surface area contributed by atoms with Crippen LogP contribution in [0.4, 0.5) is 13.2 Å². The van der Waals surface area contributed by atoms with Gasteiger partial charge in [-0.1, -0.05) is 0 Å². The molecular formula is C21H17F3N2O2. The summed E-state index contributed by atoms with van der Waals surface area (Å²) >= 11 is 0. The minimum atomic E-state index is -0.711. The molecule has 0 saturated carbocycles. The van der Waals surface area contributed by atoms with Gasteiger partial charge < -0.3 is 9.32 Å². The second-order valence-electron chi connectivity index (χ2n) is 6.79. The van der Waals surface area contributed by atoms with Crippen molar-refractivity contribution in [2.75, 3.05) is 13.1 Å². The summed E-state index contributed by atoms with van der Waals surface area (Å²) < 4.78 is 45.7. The highest BCUT2D eigenvalue weighted by Crippen LogP contribution is 2.30. The molecule has 1 saturated heterocycles. The number of oxazole rings is 1. The summed E-state index contributed by atoms with van der Waals surface area (Å²) in [4.78, 5) is 18.7. The van der Waals surface area contributed by atoms with Crippen LogP contribution in [-0.2, 0) is 0 Å². The molecule has 0 spiro atoms. The minimum Gasteiger partial charge on any atom is -0.448 e. The molecule has 1 aliphatic rings. The number of amides is 1. The van der Waals surface area contributed by atoms with Crippen LogP contribution < -0.4 is 0 Å². The van der Waals surface area contributed by atoms with E-state index < -0.39 is 17.5 Å². The van der Waals surface area contributed by atoms with Crippen LogP contribution in [0.15, 0.2) is 53.1 Å². The van der Waals surface area contributed by atoms with E-state index in [1.54, 1.807) is 4.90 Å². The Morgan fingerprint density at radius 2 is 1.82 bits per heavy atom. The first-order valence-electron chi connectivity index (χ1n) is 8.97. The molecule has 2 heterocycles. The lowest BCUT2D eigenvalue weighted by Crippen LogP contribution is -2.39. The minimum absolute atomic E-state index is 0.129. The second kappa shape index (κ2) is 7.50. The molecule has 7 heteroatoms. The van der Waals surface area contributed by atoms with Gasteiger partial charge in [0.1, 0.15) is 29.4 Å². The van der Waals surface area contributed by atoms with Crippen molar-refractivity contribution >= 4 is 5.91 Å². The van der Waals surface area contributed by atoms with Gasteiger partial charge in [-0.15, -0.1) is 0 Å². The van der Waals surface area contributed by atoms with E-state index in [1.807, 2.05) is 0 Å². The molecule has 144 valence electrons. The van der Waals surface area contributed by atoms with Crippen LogP contribution in [0.25, 0.3) is 11.3 Å². The largest absolute Gasteiger partial charge is 0.448 e. The molecule has 1 amide bonds. The van der Waals surface area contributed by atoms with Gasteiger partial charge in [-0.2, -0.15) is 0 Å². The Morgan fingerprint density at radius 1 is 1.07 bits per heavy atom. The Balaban J connectivity index is 1.51. The van der Waals surface area contributed by atoms with Crippen molar-refractivity contribution in [1.29, 1.82) is 0 Å². The van der Waals surface area contributed by atoms with Gasteiger partial charge in [0.25, 0.3) is 5.91 Å².